The van der Waals surface area contributed by atoms with Gasteiger partial charge in [-0.25, -0.2) is 0 Å². The molecular formula is C16H27N. The van der Waals surface area contributed by atoms with Crippen LogP contribution in [0.3, 0.4) is 0 Å². The molecule has 1 aromatic carbocycles. The number of rotatable bonds is 7. The maximum atomic E-state index is 6.14. The van der Waals surface area contributed by atoms with Gasteiger partial charge in [0.2, 0.25) is 0 Å². The molecule has 1 rings (SSSR count). The fourth-order valence-corrected chi connectivity index (χ4v) is 2.10. The lowest BCUT2D eigenvalue weighted by Gasteiger charge is -2.12. The normalized spacial score (nSPS) is 13.0. The van der Waals surface area contributed by atoms with Crippen molar-refractivity contribution >= 4 is 0 Å². The van der Waals surface area contributed by atoms with Gasteiger partial charge in [-0.2, -0.15) is 0 Å². The summed E-state index contributed by atoms with van der Waals surface area (Å²) in [6, 6.07) is 9.26. The second-order valence-electron chi connectivity index (χ2n) is 5.36. The van der Waals surface area contributed by atoms with Crippen molar-refractivity contribution in [2.24, 2.45) is 5.73 Å². The van der Waals surface area contributed by atoms with Crippen LogP contribution in [0.15, 0.2) is 24.3 Å². The summed E-state index contributed by atoms with van der Waals surface area (Å²) in [4.78, 5) is 0. The molecule has 0 fully saturated rings. The van der Waals surface area contributed by atoms with Crippen LogP contribution >= 0.6 is 0 Å². The van der Waals surface area contributed by atoms with E-state index in [0.717, 1.165) is 12.8 Å². The average molecular weight is 233 g/mol. The molecule has 0 saturated carbocycles. The summed E-state index contributed by atoms with van der Waals surface area (Å²) in [5.41, 5.74) is 8.93. The summed E-state index contributed by atoms with van der Waals surface area (Å²) >= 11 is 0. The van der Waals surface area contributed by atoms with E-state index in [2.05, 4.69) is 45.0 Å². The molecule has 0 amide bonds. The fraction of sp³-hybridized carbons (Fsp3) is 0.625. The lowest BCUT2D eigenvalue weighted by Crippen LogP contribution is -2.22. The van der Waals surface area contributed by atoms with Crippen molar-refractivity contribution in [1.29, 1.82) is 0 Å². The lowest BCUT2D eigenvalue weighted by molar-refractivity contribution is 0.557. The van der Waals surface area contributed by atoms with Crippen molar-refractivity contribution in [3.05, 3.63) is 35.4 Å². The van der Waals surface area contributed by atoms with Crippen LogP contribution in [0.2, 0.25) is 0 Å². The molecule has 0 radical (unpaired) electrons. The molecule has 17 heavy (non-hydrogen) atoms. The number of nitrogens with two attached hydrogens (primary N) is 1. The van der Waals surface area contributed by atoms with Crippen molar-refractivity contribution in [1.82, 2.24) is 0 Å². The highest BCUT2D eigenvalue weighted by molar-refractivity contribution is 5.25. The third-order valence-corrected chi connectivity index (χ3v) is 3.32. The highest BCUT2D eigenvalue weighted by Crippen LogP contribution is 2.16. The van der Waals surface area contributed by atoms with Crippen LogP contribution in [0, 0.1) is 0 Å². The summed E-state index contributed by atoms with van der Waals surface area (Å²) in [6.07, 6.45) is 6.01. The Balaban J connectivity index is 2.40. The second kappa shape index (κ2) is 7.50. The van der Waals surface area contributed by atoms with Crippen LogP contribution in [0.4, 0.5) is 0 Å². The molecule has 96 valence electrons. The summed E-state index contributed by atoms with van der Waals surface area (Å²) in [6.45, 7) is 6.69. The Morgan fingerprint density at radius 2 is 1.71 bits per heavy atom. The molecule has 1 heteroatoms. The Hall–Kier alpha value is -0.820. The molecule has 0 bridgehead atoms. The quantitative estimate of drug-likeness (QED) is 0.700. The fourth-order valence-electron chi connectivity index (χ4n) is 2.10. The van der Waals surface area contributed by atoms with Crippen LogP contribution < -0.4 is 5.73 Å². The van der Waals surface area contributed by atoms with Gasteiger partial charge in [0.25, 0.3) is 0 Å². The summed E-state index contributed by atoms with van der Waals surface area (Å²) in [7, 11) is 0. The van der Waals surface area contributed by atoms with Crippen molar-refractivity contribution in [3.8, 4) is 0 Å². The minimum atomic E-state index is 0.325. The second-order valence-corrected chi connectivity index (χ2v) is 5.36. The van der Waals surface area contributed by atoms with E-state index in [4.69, 9.17) is 5.73 Å². The highest BCUT2D eigenvalue weighted by atomic mass is 14.6. The molecule has 0 aliphatic carbocycles. The van der Waals surface area contributed by atoms with Crippen LogP contribution in [-0.2, 0) is 6.42 Å². The first-order chi connectivity index (χ1) is 8.13. The molecular weight excluding hydrogens is 206 g/mol. The number of hydrogen-bond donors (Lipinski definition) is 1. The van der Waals surface area contributed by atoms with Crippen LogP contribution in [0.25, 0.3) is 0 Å². The van der Waals surface area contributed by atoms with Crippen molar-refractivity contribution in [2.45, 2.75) is 64.8 Å². The Morgan fingerprint density at radius 1 is 1.06 bits per heavy atom. The molecule has 0 spiro atoms. The van der Waals surface area contributed by atoms with Gasteiger partial charge in [-0.15, -0.1) is 0 Å². The van der Waals surface area contributed by atoms with E-state index in [9.17, 15) is 0 Å². The minimum Gasteiger partial charge on any atom is -0.327 e. The van der Waals surface area contributed by atoms with Crippen LogP contribution in [0.1, 0.15) is 63.5 Å². The van der Waals surface area contributed by atoms with Gasteiger partial charge in [-0.05, 0) is 29.9 Å². The first-order valence-corrected chi connectivity index (χ1v) is 6.98. The smallest absolute Gasteiger partial charge is 0.00793 e. The molecule has 0 aromatic heterocycles. The average Bonchev–Trinajstić information content (AvgIpc) is 2.30. The maximum Gasteiger partial charge on any atom is 0.00793 e. The number of benzene rings is 1. The summed E-state index contributed by atoms with van der Waals surface area (Å²) in [5.74, 6) is 0.613. The van der Waals surface area contributed by atoms with Gasteiger partial charge in [0.05, 0.1) is 0 Å². The molecule has 0 aliphatic heterocycles. The molecule has 1 aromatic rings. The summed E-state index contributed by atoms with van der Waals surface area (Å²) < 4.78 is 0. The molecule has 0 heterocycles. The van der Waals surface area contributed by atoms with Crippen molar-refractivity contribution < 1.29 is 0 Å². The first kappa shape index (κ1) is 14.2. The van der Waals surface area contributed by atoms with Gasteiger partial charge in [0, 0.05) is 6.04 Å². The van der Waals surface area contributed by atoms with Gasteiger partial charge in [-0.3, -0.25) is 0 Å². The first-order valence-electron chi connectivity index (χ1n) is 6.98. The topological polar surface area (TPSA) is 26.0 Å². The zero-order valence-corrected chi connectivity index (χ0v) is 11.6. The van der Waals surface area contributed by atoms with E-state index in [1.165, 1.54) is 30.4 Å². The van der Waals surface area contributed by atoms with E-state index in [1.54, 1.807) is 0 Å². The molecule has 0 aliphatic rings. The molecule has 1 nitrogen and oxygen atoms in total. The Labute approximate surface area is 106 Å². The molecule has 1 atom stereocenters. The van der Waals surface area contributed by atoms with Crippen LogP contribution in [-0.4, -0.2) is 6.04 Å². The van der Waals surface area contributed by atoms with Gasteiger partial charge in [-0.1, -0.05) is 64.3 Å². The van der Waals surface area contributed by atoms with E-state index in [1.807, 2.05) is 0 Å². The van der Waals surface area contributed by atoms with Gasteiger partial charge in [0.15, 0.2) is 0 Å². The molecule has 2 N–H and O–H groups in total. The largest absolute Gasteiger partial charge is 0.327 e. The Bertz CT molecular complexity index is 300. The van der Waals surface area contributed by atoms with E-state index >= 15 is 0 Å². The standard InChI is InChI=1S/C16H27N/c1-4-5-6-7-16(17)12-14-8-10-15(11-9-14)13(2)3/h8-11,13,16H,4-7,12,17H2,1-3H3. The lowest BCUT2D eigenvalue weighted by atomic mass is 9.97. The zero-order chi connectivity index (χ0) is 12.7. The number of unbranched alkanes of at least 4 members (excludes halogenated alkanes) is 2. The molecule has 1 unspecified atom stereocenters. The Kier molecular flexibility index (Phi) is 6.28. The Morgan fingerprint density at radius 3 is 2.24 bits per heavy atom. The third-order valence-electron chi connectivity index (χ3n) is 3.32. The number of hydrogen-bond acceptors (Lipinski definition) is 1. The third kappa shape index (κ3) is 5.36. The minimum absolute atomic E-state index is 0.325. The molecule has 0 saturated heterocycles. The highest BCUT2D eigenvalue weighted by Gasteiger charge is 2.04. The van der Waals surface area contributed by atoms with Crippen molar-refractivity contribution in [2.75, 3.05) is 0 Å². The van der Waals surface area contributed by atoms with E-state index in [0.29, 0.717) is 12.0 Å². The predicted octanol–water partition coefficient (Wildman–Crippen LogP) is 4.26. The monoisotopic (exact) mass is 233 g/mol. The van der Waals surface area contributed by atoms with Crippen molar-refractivity contribution in [3.63, 3.8) is 0 Å². The van der Waals surface area contributed by atoms with Crippen LogP contribution in [0.5, 0.6) is 0 Å². The summed E-state index contributed by atoms with van der Waals surface area (Å²) in [5, 5.41) is 0. The zero-order valence-electron chi connectivity index (χ0n) is 11.6. The van der Waals surface area contributed by atoms with Gasteiger partial charge >= 0.3 is 0 Å². The predicted molar refractivity (Wildman–Crippen MR) is 76.4 cm³/mol. The van der Waals surface area contributed by atoms with Gasteiger partial charge in [0.1, 0.15) is 0 Å². The maximum absolute atomic E-state index is 6.14. The van der Waals surface area contributed by atoms with E-state index in [-0.39, 0.29) is 0 Å². The van der Waals surface area contributed by atoms with E-state index < -0.39 is 0 Å². The van der Waals surface area contributed by atoms with Gasteiger partial charge < -0.3 is 5.73 Å². The SMILES string of the molecule is CCCCCC(N)Cc1ccc(C(C)C)cc1.